The van der Waals surface area contributed by atoms with E-state index in [9.17, 15) is 9.90 Å². The maximum atomic E-state index is 12.0. The molecule has 0 amide bonds. The third-order valence-electron chi connectivity index (χ3n) is 4.70. The van der Waals surface area contributed by atoms with E-state index >= 15 is 0 Å². The third-order valence-corrected chi connectivity index (χ3v) is 4.70. The molecule has 5 heteroatoms. The van der Waals surface area contributed by atoms with Gasteiger partial charge in [-0.2, -0.15) is 0 Å². The topological polar surface area (TPSA) is 65.0 Å². The van der Waals surface area contributed by atoms with Gasteiger partial charge in [0.1, 0.15) is 0 Å². The molecule has 1 rings (SSSR count). The zero-order valence-electron chi connectivity index (χ0n) is 13.4. The zero-order chi connectivity index (χ0) is 15.5. The monoisotopic (exact) mass is 288 g/mol. The largest absolute Gasteiger partial charge is 0.465 e. The van der Waals surface area contributed by atoms with Crippen LogP contribution in [-0.4, -0.2) is 43.3 Å². The van der Waals surface area contributed by atoms with Crippen molar-refractivity contribution in [1.82, 2.24) is 0 Å². The maximum Gasteiger partial charge on any atom is 0.366 e. The minimum absolute atomic E-state index is 0.0723. The number of esters is 1. The molecule has 0 spiro atoms. The number of ether oxygens (including phenoxy) is 3. The fourth-order valence-corrected chi connectivity index (χ4v) is 2.99. The van der Waals surface area contributed by atoms with E-state index in [-0.39, 0.29) is 23.9 Å². The summed E-state index contributed by atoms with van der Waals surface area (Å²) in [4.78, 5) is 12.0. The molecular formula is C15H28O5. The highest BCUT2D eigenvalue weighted by atomic mass is 16.7. The molecule has 0 aliphatic carbocycles. The van der Waals surface area contributed by atoms with Crippen LogP contribution in [0.1, 0.15) is 40.5 Å². The van der Waals surface area contributed by atoms with Crippen LogP contribution in [-0.2, 0) is 19.0 Å². The average Bonchev–Trinajstić information content (AvgIpc) is 2.47. The van der Waals surface area contributed by atoms with Crippen LogP contribution in [0.5, 0.6) is 0 Å². The number of methoxy groups -OCH3 is 2. The molecule has 1 N–H and O–H groups in total. The second-order valence-electron chi connectivity index (χ2n) is 5.91. The van der Waals surface area contributed by atoms with Gasteiger partial charge in [0, 0.05) is 19.4 Å². The van der Waals surface area contributed by atoms with Crippen molar-refractivity contribution in [3.05, 3.63) is 0 Å². The van der Waals surface area contributed by atoms with Crippen molar-refractivity contribution in [2.45, 2.75) is 58.5 Å². The summed E-state index contributed by atoms with van der Waals surface area (Å²) in [7, 11) is 2.78. The first-order chi connectivity index (χ1) is 9.32. The molecule has 5 nitrogen and oxygen atoms in total. The quantitative estimate of drug-likeness (QED) is 0.784. The van der Waals surface area contributed by atoms with Gasteiger partial charge in [-0.1, -0.05) is 27.7 Å². The molecule has 0 aromatic carbocycles. The van der Waals surface area contributed by atoms with Crippen LogP contribution in [0.2, 0.25) is 0 Å². The van der Waals surface area contributed by atoms with E-state index in [0.29, 0.717) is 12.8 Å². The molecule has 1 fully saturated rings. The highest BCUT2D eigenvalue weighted by molar-refractivity contribution is 5.78. The highest BCUT2D eigenvalue weighted by Gasteiger charge is 2.52. The lowest BCUT2D eigenvalue weighted by molar-refractivity contribution is -0.297. The van der Waals surface area contributed by atoms with Gasteiger partial charge in [0.2, 0.25) is 0 Å². The van der Waals surface area contributed by atoms with E-state index in [2.05, 4.69) is 13.8 Å². The number of hydrogen-bond acceptors (Lipinski definition) is 5. The third kappa shape index (κ3) is 3.15. The average molecular weight is 288 g/mol. The van der Waals surface area contributed by atoms with Crippen LogP contribution in [0.25, 0.3) is 0 Å². The summed E-state index contributed by atoms with van der Waals surface area (Å²) in [6, 6.07) is 0. The summed E-state index contributed by atoms with van der Waals surface area (Å²) in [5.74, 6) is -1.47. The molecule has 0 aromatic rings. The minimum atomic E-state index is -1.35. The Morgan fingerprint density at radius 1 is 1.45 bits per heavy atom. The lowest BCUT2D eigenvalue weighted by Crippen LogP contribution is -2.57. The Kier molecular flexibility index (Phi) is 5.98. The van der Waals surface area contributed by atoms with Gasteiger partial charge in [-0.3, -0.25) is 0 Å². The molecule has 6 atom stereocenters. The van der Waals surface area contributed by atoms with E-state index < -0.39 is 17.9 Å². The van der Waals surface area contributed by atoms with Crippen LogP contribution >= 0.6 is 0 Å². The minimum Gasteiger partial charge on any atom is -0.465 e. The van der Waals surface area contributed by atoms with Gasteiger partial charge < -0.3 is 19.3 Å². The Labute approximate surface area is 121 Å². The molecule has 0 bridgehead atoms. The summed E-state index contributed by atoms with van der Waals surface area (Å²) < 4.78 is 16.2. The number of hydrogen-bond donors (Lipinski definition) is 1. The van der Waals surface area contributed by atoms with Gasteiger partial charge in [0.25, 0.3) is 5.79 Å². The van der Waals surface area contributed by atoms with Crippen molar-refractivity contribution < 1.29 is 24.1 Å². The summed E-state index contributed by atoms with van der Waals surface area (Å²) in [5.41, 5.74) is 0. The fraction of sp³-hybridized carbons (Fsp3) is 0.933. The Balaban J connectivity index is 3.02. The molecule has 0 saturated carbocycles. The molecule has 118 valence electrons. The summed E-state index contributed by atoms with van der Waals surface area (Å²) in [6.07, 6.45) is 0.413. The van der Waals surface area contributed by atoms with Crippen molar-refractivity contribution >= 4 is 5.97 Å². The number of carbonyl (C=O) groups is 1. The van der Waals surface area contributed by atoms with Crippen LogP contribution in [0, 0.1) is 17.8 Å². The molecule has 20 heavy (non-hydrogen) atoms. The van der Waals surface area contributed by atoms with Gasteiger partial charge in [0.05, 0.1) is 19.3 Å². The van der Waals surface area contributed by atoms with Crippen LogP contribution < -0.4 is 0 Å². The first-order valence-electron chi connectivity index (χ1n) is 7.32. The number of carbonyl (C=O) groups excluding carboxylic acids is 1. The standard InChI is InChI=1S/C15H28O5/c1-7-12(16)11(4)13-10(3)9(2)8-15(19-6,20-13)14(17)18-5/h9-13,16H,7-8H2,1-6H3/t9-,10-,11-,12-,13?,15+/m1/s1. The van der Waals surface area contributed by atoms with E-state index in [4.69, 9.17) is 14.2 Å². The van der Waals surface area contributed by atoms with Gasteiger partial charge in [-0.15, -0.1) is 0 Å². The van der Waals surface area contributed by atoms with Crippen LogP contribution in [0.4, 0.5) is 0 Å². The van der Waals surface area contributed by atoms with E-state index in [1.54, 1.807) is 0 Å². The molecule has 1 saturated heterocycles. The predicted molar refractivity (Wildman–Crippen MR) is 75.0 cm³/mol. The SMILES string of the molecule is CC[C@@H](O)[C@@H](C)C1O[C@](OC)(C(=O)OC)C[C@@H](C)[C@H]1C. The molecule has 1 heterocycles. The highest BCUT2D eigenvalue weighted by Crippen LogP contribution is 2.41. The summed E-state index contributed by atoms with van der Waals surface area (Å²) in [5, 5.41) is 10.1. The molecular weight excluding hydrogens is 260 g/mol. The Bertz CT molecular complexity index is 332. The molecule has 1 unspecified atom stereocenters. The van der Waals surface area contributed by atoms with Crippen molar-refractivity contribution in [3.8, 4) is 0 Å². The van der Waals surface area contributed by atoms with E-state index in [1.165, 1.54) is 14.2 Å². The van der Waals surface area contributed by atoms with Crippen molar-refractivity contribution in [1.29, 1.82) is 0 Å². The van der Waals surface area contributed by atoms with Crippen molar-refractivity contribution in [2.24, 2.45) is 17.8 Å². The maximum absolute atomic E-state index is 12.0. The lowest BCUT2D eigenvalue weighted by atomic mass is 9.76. The molecule has 1 aliphatic heterocycles. The molecule has 0 radical (unpaired) electrons. The van der Waals surface area contributed by atoms with Crippen molar-refractivity contribution in [2.75, 3.05) is 14.2 Å². The number of aliphatic hydroxyl groups is 1. The predicted octanol–water partition coefficient (Wildman–Crippen LogP) is 1.97. The van der Waals surface area contributed by atoms with Crippen molar-refractivity contribution in [3.63, 3.8) is 0 Å². The Hall–Kier alpha value is -0.650. The van der Waals surface area contributed by atoms with Gasteiger partial charge in [-0.05, 0) is 18.3 Å². The lowest BCUT2D eigenvalue weighted by Gasteiger charge is -2.47. The Morgan fingerprint density at radius 2 is 2.05 bits per heavy atom. The summed E-state index contributed by atoms with van der Waals surface area (Å²) >= 11 is 0. The number of rotatable bonds is 5. The fourth-order valence-electron chi connectivity index (χ4n) is 2.99. The zero-order valence-corrected chi connectivity index (χ0v) is 13.4. The first-order valence-corrected chi connectivity index (χ1v) is 7.32. The van der Waals surface area contributed by atoms with Crippen LogP contribution in [0.3, 0.4) is 0 Å². The second-order valence-corrected chi connectivity index (χ2v) is 5.91. The van der Waals surface area contributed by atoms with Gasteiger partial charge in [0.15, 0.2) is 0 Å². The normalized spacial score (nSPS) is 37.2. The summed E-state index contributed by atoms with van der Waals surface area (Å²) in [6.45, 7) is 8.04. The van der Waals surface area contributed by atoms with E-state index in [1.807, 2.05) is 13.8 Å². The molecule has 0 aromatic heterocycles. The van der Waals surface area contributed by atoms with Crippen LogP contribution in [0.15, 0.2) is 0 Å². The number of aliphatic hydroxyl groups excluding tert-OH is 1. The van der Waals surface area contributed by atoms with Gasteiger partial charge in [-0.25, -0.2) is 4.79 Å². The molecule has 1 aliphatic rings. The first kappa shape index (κ1) is 17.4. The second kappa shape index (κ2) is 6.87. The van der Waals surface area contributed by atoms with Gasteiger partial charge >= 0.3 is 5.97 Å². The Morgan fingerprint density at radius 3 is 2.50 bits per heavy atom. The smallest absolute Gasteiger partial charge is 0.366 e. The van der Waals surface area contributed by atoms with E-state index in [0.717, 1.165) is 0 Å².